The Morgan fingerprint density at radius 3 is 2.21 bits per heavy atom. The van der Waals surface area contributed by atoms with E-state index >= 15 is 0 Å². The van der Waals surface area contributed by atoms with Gasteiger partial charge >= 0.3 is 12.0 Å². The van der Waals surface area contributed by atoms with Gasteiger partial charge in [-0.2, -0.15) is 0 Å². The quantitative estimate of drug-likeness (QED) is 0.838. The van der Waals surface area contributed by atoms with Crippen LogP contribution in [0.15, 0.2) is 30.3 Å². The van der Waals surface area contributed by atoms with E-state index in [-0.39, 0.29) is 11.9 Å². The molecule has 2 amide bonds. The maximum Gasteiger partial charge on any atom is 0.318 e. The molecule has 1 heterocycles. The number of likely N-dealkylation sites (tertiary alicyclic amines) is 1. The van der Waals surface area contributed by atoms with Crippen molar-refractivity contribution in [3.63, 3.8) is 0 Å². The molecule has 0 radical (unpaired) electrons. The van der Waals surface area contributed by atoms with Crippen LogP contribution in [0, 0.1) is 11.3 Å². The van der Waals surface area contributed by atoms with E-state index < -0.39 is 16.9 Å². The van der Waals surface area contributed by atoms with E-state index in [2.05, 4.69) is 5.32 Å². The van der Waals surface area contributed by atoms with E-state index in [1.807, 2.05) is 44.2 Å². The van der Waals surface area contributed by atoms with Gasteiger partial charge in [0.2, 0.25) is 0 Å². The molecular weight excluding hydrogens is 304 g/mol. The van der Waals surface area contributed by atoms with Crippen molar-refractivity contribution in [2.75, 3.05) is 13.1 Å². The standard InChI is InChI=1S/C19H28N2O3/c1-14(2)19(13-18(3,4)16(22)23,15-9-6-5-7-10-15)20-17(24)21-11-8-12-21/h5-7,9-10,14H,8,11-13H2,1-4H3,(H,20,24)(H,22,23). The van der Waals surface area contributed by atoms with Gasteiger partial charge in [-0.15, -0.1) is 0 Å². The summed E-state index contributed by atoms with van der Waals surface area (Å²) in [6, 6.07) is 9.60. The van der Waals surface area contributed by atoms with Gasteiger partial charge in [-0.05, 0) is 38.2 Å². The van der Waals surface area contributed by atoms with Gasteiger partial charge < -0.3 is 15.3 Å². The van der Waals surface area contributed by atoms with Gasteiger partial charge in [-0.1, -0.05) is 44.2 Å². The summed E-state index contributed by atoms with van der Waals surface area (Å²) >= 11 is 0. The van der Waals surface area contributed by atoms with Crippen molar-refractivity contribution < 1.29 is 14.7 Å². The van der Waals surface area contributed by atoms with Crippen LogP contribution >= 0.6 is 0 Å². The number of carbonyl (C=O) groups is 2. The number of carbonyl (C=O) groups excluding carboxylic acids is 1. The number of hydrogen-bond donors (Lipinski definition) is 2. The molecule has 1 saturated heterocycles. The summed E-state index contributed by atoms with van der Waals surface area (Å²) in [7, 11) is 0. The lowest BCUT2D eigenvalue weighted by Gasteiger charge is -2.45. The second kappa shape index (κ2) is 6.83. The Morgan fingerprint density at radius 2 is 1.79 bits per heavy atom. The zero-order valence-corrected chi connectivity index (χ0v) is 15.0. The zero-order chi connectivity index (χ0) is 18.0. The molecule has 5 nitrogen and oxygen atoms in total. The summed E-state index contributed by atoms with van der Waals surface area (Å²) in [6.45, 7) is 9.01. The van der Waals surface area contributed by atoms with Gasteiger partial charge in [0.1, 0.15) is 0 Å². The average Bonchev–Trinajstić information content (AvgIpc) is 2.44. The van der Waals surface area contributed by atoms with Crippen molar-refractivity contribution in [3.05, 3.63) is 35.9 Å². The highest BCUT2D eigenvalue weighted by Crippen LogP contribution is 2.41. The Bertz CT molecular complexity index is 594. The van der Waals surface area contributed by atoms with Crippen LogP contribution < -0.4 is 5.32 Å². The Balaban J connectivity index is 2.44. The molecule has 0 aliphatic carbocycles. The lowest BCUT2D eigenvalue weighted by molar-refractivity contribution is -0.148. The van der Waals surface area contributed by atoms with Crippen LogP contribution in [0.4, 0.5) is 4.79 Å². The number of carboxylic acids is 1. The Morgan fingerprint density at radius 1 is 1.21 bits per heavy atom. The van der Waals surface area contributed by atoms with E-state index in [0.29, 0.717) is 6.42 Å². The second-order valence-corrected chi connectivity index (χ2v) is 7.63. The average molecular weight is 332 g/mol. The Hall–Kier alpha value is -2.04. The third-order valence-corrected chi connectivity index (χ3v) is 5.05. The summed E-state index contributed by atoms with van der Waals surface area (Å²) in [5.74, 6) is -0.814. The number of urea groups is 1. The molecule has 1 aromatic carbocycles. The van der Waals surface area contributed by atoms with Gasteiger partial charge in [0, 0.05) is 13.1 Å². The molecule has 0 aromatic heterocycles. The van der Waals surface area contributed by atoms with Crippen LogP contribution in [-0.2, 0) is 10.3 Å². The van der Waals surface area contributed by atoms with Crippen molar-refractivity contribution in [1.82, 2.24) is 10.2 Å². The molecule has 1 aliphatic heterocycles. The third-order valence-electron chi connectivity index (χ3n) is 5.05. The summed E-state index contributed by atoms with van der Waals surface area (Å²) < 4.78 is 0. The smallest absolute Gasteiger partial charge is 0.318 e. The zero-order valence-electron chi connectivity index (χ0n) is 15.0. The Kier molecular flexibility index (Phi) is 5.21. The Labute approximate surface area is 144 Å². The SMILES string of the molecule is CC(C)C(CC(C)(C)C(=O)O)(NC(=O)N1CCC1)c1ccccc1. The second-order valence-electron chi connectivity index (χ2n) is 7.63. The van der Waals surface area contributed by atoms with Crippen molar-refractivity contribution >= 4 is 12.0 Å². The third kappa shape index (κ3) is 3.55. The van der Waals surface area contributed by atoms with Gasteiger partial charge in [0.05, 0.1) is 11.0 Å². The van der Waals surface area contributed by atoms with Crippen molar-refractivity contribution in [2.45, 2.75) is 46.1 Å². The minimum Gasteiger partial charge on any atom is -0.481 e. The van der Waals surface area contributed by atoms with Crippen LogP contribution in [0.25, 0.3) is 0 Å². The lowest BCUT2D eigenvalue weighted by atomic mass is 9.69. The largest absolute Gasteiger partial charge is 0.481 e. The van der Waals surface area contributed by atoms with Crippen molar-refractivity contribution in [2.24, 2.45) is 11.3 Å². The minimum atomic E-state index is -0.956. The highest BCUT2D eigenvalue weighted by Gasteiger charge is 2.45. The number of carboxylic acid groups (broad SMARTS) is 1. The summed E-state index contributed by atoms with van der Waals surface area (Å²) in [6.07, 6.45) is 1.35. The van der Waals surface area contributed by atoms with Crippen LogP contribution in [0.1, 0.15) is 46.1 Å². The van der Waals surface area contributed by atoms with E-state index in [0.717, 1.165) is 25.1 Å². The number of benzene rings is 1. The number of aliphatic carboxylic acids is 1. The molecule has 1 fully saturated rings. The number of amides is 2. The number of hydrogen-bond acceptors (Lipinski definition) is 2. The molecule has 0 saturated carbocycles. The molecule has 1 aliphatic rings. The van der Waals surface area contributed by atoms with Crippen molar-refractivity contribution in [1.29, 1.82) is 0 Å². The van der Waals surface area contributed by atoms with E-state index in [4.69, 9.17) is 0 Å². The van der Waals surface area contributed by atoms with Crippen LogP contribution in [0.3, 0.4) is 0 Å². The maximum absolute atomic E-state index is 12.6. The summed E-state index contributed by atoms with van der Waals surface area (Å²) in [4.78, 5) is 26.1. The monoisotopic (exact) mass is 332 g/mol. The molecule has 132 valence electrons. The predicted octanol–water partition coefficient (Wildman–Crippen LogP) is 3.45. The van der Waals surface area contributed by atoms with E-state index in [1.165, 1.54) is 0 Å². The molecule has 1 unspecified atom stereocenters. The van der Waals surface area contributed by atoms with Crippen LogP contribution in [0.5, 0.6) is 0 Å². The van der Waals surface area contributed by atoms with E-state index in [1.54, 1.807) is 18.7 Å². The first-order valence-corrected chi connectivity index (χ1v) is 8.55. The fourth-order valence-electron chi connectivity index (χ4n) is 3.20. The molecule has 1 aromatic rings. The molecule has 5 heteroatoms. The first-order chi connectivity index (χ1) is 11.2. The number of nitrogens with one attached hydrogen (secondary N) is 1. The highest BCUT2D eigenvalue weighted by atomic mass is 16.4. The fourth-order valence-corrected chi connectivity index (χ4v) is 3.20. The molecule has 0 spiro atoms. The lowest BCUT2D eigenvalue weighted by Crippen LogP contribution is -2.58. The van der Waals surface area contributed by atoms with Crippen molar-refractivity contribution in [3.8, 4) is 0 Å². The first kappa shape index (κ1) is 18.3. The highest BCUT2D eigenvalue weighted by molar-refractivity contribution is 5.77. The maximum atomic E-state index is 12.6. The van der Waals surface area contributed by atoms with Crippen LogP contribution in [-0.4, -0.2) is 35.1 Å². The molecular formula is C19H28N2O3. The summed E-state index contributed by atoms with van der Waals surface area (Å²) in [5, 5.41) is 12.8. The summed E-state index contributed by atoms with van der Waals surface area (Å²) in [5.41, 5.74) is -0.735. The van der Waals surface area contributed by atoms with Gasteiger partial charge in [-0.3, -0.25) is 4.79 Å². The predicted molar refractivity (Wildman–Crippen MR) is 93.7 cm³/mol. The topological polar surface area (TPSA) is 69.6 Å². The van der Waals surface area contributed by atoms with Gasteiger partial charge in [0.25, 0.3) is 0 Å². The van der Waals surface area contributed by atoms with Gasteiger partial charge in [0.15, 0.2) is 0 Å². The molecule has 1 atom stereocenters. The van der Waals surface area contributed by atoms with Gasteiger partial charge in [-0.25, -0.2) is 4.79 Å². The number of rotatable bonds is 6. The minimum absolute atomic E-state index is 0.0451. The van der Waals surface area contributed by atoms with Crippen LogP contribution in [0.2, 0.25) is 0 Å². The fraction of sp³-hybridized carbons (Fsp3) is 0.579. The molecule has 24 heavy (non-hydrogen) atoms. The molecule has 2 rings (SSSR count). The molecule has 2 N–H and O–H groups in total. The number of nitrogens with zero attached hydrogens (tertiary/aromatic N) is 1. The molecule has 0 bridgehead atoms. The van der Waals surface area contributed by atoms with E-state index in [9.17, 15) is 14.7 Å². The normalized spacial score (nSPS) is 17.1. The first-order valence-electron chi connectivity index (χ1n) is 8.55.